The Morgan fingerprint density at radius 2 is 2.33 bits per heavy atom. The van der Waals surface area contributed by atoms with Crippen LogP contribution in [0.3, 0.4) is 0 Å². The summed E-state index contributed by atoms with van der Waals surface area (Å²) in [7, 11) is 0. The number of benzene rings is 1. The van der Waals surface area contributed by atoms with Crippen LogP contribution in [0.25, 0.3) is 0 Å². The molecule has 0 aliphatic heterocycles. The van der Waals surface area contributed by atoms with Gasteiger partial charge in [0.25, 0.3) is 5.69 Å². The minimum Gasteiger partial charge on any atom is -0.258 e. The average molecular weight is 380 g/mol. The maximum atomic E-state index is 10.9. The molecule has 2 heterocycles. The second kappa shape index (κ2) is 7.04. The summed E-state index contributed by atoms with van der Waals surface area (Å²) in [5.74, 6) is 0.655. The summed E-state index contributed by atoms with van der Waals surface area (Å²) in [4.78, 5) is 11.5. The summed E-state index contributed by atoms with van der Waals surface area (Å²) in [5.41, 5.74) is 0.367. The number of aromatic nitrogens is 3. The molecule has 0 spiro atoms. The molecular formula is C14H10ClN5O2S2. The van der Waals surface area contributed by atoms with Gasteiger partial charge in [-0.3, -0.25) is 15.2 Å². The van der Waals surface area contributed by atoms with Crippen molar-refractivity contribution in [2.45, 2.75) is 6.42 Å². The second-order valence-corrected chi connectivity index (χ2v) is 6.55. The van der Waals surface area contributed by atoms with Gasteiger partial charge >= 0.3 is 0 Å². The first-order valence-electron chi connectivity index (χ1n) is 6.71. The number of H-pyrrole nitrogens is 1. The molecule has 7 nitrogen and oxygen atoms in total. The van der Waals surface area contributed by atoms with Gasteiger partial charge in [-0.05, 0) is 29.7 Å². The first-order chi connectivity index (χ1) is 11.5. The van der Waals surface area contributed by atoms with Gasteiger partial charge in [0.05, 0.1) is 11.1 Å². The third kappa shape index (κ3) is 3.58. The monoisotopic (exact) mass is 379 g/mol. The SMILES string of the molecule is O=[N+]([O-])c1cc(/C=N\n2c(Cc3cccs3)n[nH]c2=S)ccc1Cl. The number of nitrogens with one attached hydrogen (secondary N) is 1. The number of hydrogen-bond acceptors (Lipinski definition) is 6. The van der Waals surface area contributed by atoms with Crippen LogP contribution in [-0.4, -0.2) is 26.0 Å². The molecule has 0 saturated heterocycles. The summed E-state index contributed by atoms with van der Waals surface area (Å²) in [6, 6.07) is 8.42. The first kappa shape index (κ1) is 16.5. The van der Waals surface area contributed by atoms with Gasteiger partial charge in [0, 0.05) is 22.9 Å². The van der Waals surface area contributed by atoms with Crippen molar-refractivity contribution in [2.24, 2.45) is 5.10 Å². The highest BCUT2D eigenvalue weighted by atomic mass is 35.5. The number of nitrogens with zero attached hydrogens (tertiary/aromatic N) is 4. The van der Waals surface area contributed by atoms with Crippen LogP contribution in [0, 0.1) is 14.9 Å². The average Bonchev–Trinajstić information content (AvgIpc) is 3.17. The van der Waals surface area contributed by atoms with Crippen molar-refractivity contribution in [2.75, 3.05) is 0 Å². The van der Waals surface area contributed by atoms with Crippen LogP contribution >= 0.6 is 35.2 Å². The lowest BCUT2D eigenvalue weighted by molar-refractivity contribution is -0.384. The maximum Gasteiger partial charge on any atom is 0.288 e. The molecule has 0 saturated carbocycles. The van der Waals surface area contributed by atoms with Crippen LogP contribution < -0.4 is 0 Å². The normalized spacial score (nSPS) is 11.2. The molecule has 122 valence electrons. The zero-order valence-corrected chi connectivity index (χ0v) is 14.4. The molecule has 10 heteroatoms. The standard InChI is InChI=1S/C14H10ClN5O2S2/c15-11-4-3-9(6-12(11)20(21)22)8-16-19-13(17-18-14(19)23)7-10-2-1-5-24-10/h1-6,8H,7H2,(H,18,23)/b16-8-. The fourth-order valence-corrected chi connectivity index (χ4v) is 3.09. The predicted molar refractivity (Wildman–Crippen MR) is 95.6 cm³/mol. The van der Waals surface area contributed by atoms with Crippen LogP contribution in [0.4, 0.5) is 5.69 Å². The van der Waals surface area contributed by atoms with E-state index in [2.05, 4.69) is 15.3 Å². The Bertz CT molecular complexity index is 962. The zero-order valence-electron chi connectivity index (χ0n) is 12.0. The molecule has 1 N–H and O–H groups in total. The second-order valence-electron chi connectivity index (χ2n) is 4.73. The summed E-state index contributed by atoms with van der Waals surface area (Å²) >= 11 is 12.6. The van der Waals surface area contributed by atoms with E-state index in [-0.39, 0.29) is 10.7 Å². The fraction of sp³-hybridized carbons (Fsp3) is 0.0714. The molecule has 0 atom stereocenters. The topological polar surface area (TPSA) is 89.1 Å². The third-order valence-electron chi connectivity index (χ3n) is 3.12. The van der Waals surface area contributed by atoms with Crippen LogP contribution in [0.2, 0.25) is 5.02 Å². The van der Waals surface area contributed by atoms with Crippen molar-refractivity contribution in [3.63, 3.8) is 0 Å². The van der Waals surface area contributed by atoms with E-state index >= 15 is 0 Å². The zero-order chi connectivity index (χ0) is 17.1. The molecule has 3 rings (SSSR count). The Balaban J connectivity index is 1.90. The van der Waals surface area contributed by atoms with E-state index in [1.54, 1.807) is 17.4 Å². The smallest absolute Gasteiger partial charge is 0.258 e. The number of nitro benzene ring substituents is 1. The van der Waals surface area contributed by atoms with Gasteiger partial charge in [-0.15, -0.1) is 11.3 Å². The molecule has 2 aromatic heterocycles. The minimum atomic E-state index is -0.536. The molecular weight excluding hydrogens is 370 g/mol. The van der Waals surface area contributed by atoms with E-state index in [0.717, 1.165) is 4.88 Å². The van der Waals surface area contributed by atoms with E-state index in [1.807, 2.05) is 17.5 Å². The Hall–Kier alpha value is -2.36. The summed E-state index contributed by atoms with van der Waals surface area (Å²) in [6.07, 6.45) is 2.06. The van der Waals surface area contributed by atoms with Crippen LogP contribution in [0.15, 0.2) is 40.8 Å². The number of hydrogen-bond donors (Lipinski definition) is 1. The Kier molecular flexibility index (Phi) is 4.84. The summed E-state index contributed by atoms with van der Waals surface area (Å²) in [5, 5.41) is 24.1. The van der Waals surface area contributed by atoms with E-state index in [9.17, 15) is 10.1 Å². The molecule has 0 amide bonds. The van der Waals surface area contributed by atoms with E-state index < -0.39 is 4.92 Å². The Labute approximate surface area is 150 Å². The highest BCUT2D eigenvalue weighted by molar-refractivity contribution is 7.71. The van der Waals surface area contributed by atoms with E-state index in [0.29, 0.717) is 22.6 Å². The number of aromatic amines is 1. The van der Waals surface area contributed by atoms with Gasteiger partial charge in [0.15, 0.2) is 5.82 Å². The van der Waals surface area contributed by atoms with Crippen molar-refractivity contribution in [1.82, 2.24) is 14.9 Å². The lowest BCUT2D eigenvalue weighted by Gasteiger charge is -2.00. The van der Waals surface area contributed by atoms with E-state index in [1.165, 1.54) is 23.0 Å². The van der Waals surface area contributed by atoms with Crippen molar-refractivity contribution in [3.8, 4) is 0 Å². The summed E-state index contributed by atoms with van der Waals surface area (Å²) < 4.78 is 1.84. The minimum absolute atomic E-state index is 0.0791. The highest BCUT2D eigenvalue weighted by Gasteiger charge is 2.12. The molecule has 0 fully saturated rings. The quantitative estimate of drug-likeness (QED) is 0.313. The van der Waals surface area contributed by atoms with E-state index in [4.69, 9.17) is 23.8 Å². The van der Waals surface area contributed by atoms with Gasteiger partial charge in [0.2, 0.25) is 4.77 Å². The molecule has 0 aliphatic rings. The fourth-order valence-electron chi connectivity index (χ4n) is 2.00. The molecule has 24 heavy (non-hydrogen) atoms. The first-order valence-corrected chi connectivity index (χ1v) is 8.38. The molecule has 0 unspecified atom stereocenters. The Morgan fingerprint density at radius 1 is 1.50 bits per heavy atom. The molecule has 3 aromatic rings. The van der Waals surface area contributed by atoms with Crippen molar-refractivity contribution >= 4 is 47.1 Å². The van der Waals surface area contributed by atoms with Gasteiger partial charge in [-0.2, -0.15) is 14.9 Å². The number of halogens is 1. The summed E-state index contributed by atoms with van der Waals surface area (Å²) in [6.45, 7) is 0. The third-order valence-corrected chi connectivity index (χ3v) is 4.58. The van der Waals surface area contributed by atoms with Crippen LogP contribution in [-0.2, 0) is 6.42 Å². The largest absolute Gasteiger partial charge is 0.288 e. The molecule has 1 aromatic carbocycles. The van der Waals surface area contributed by atoms with Gasteiger partial charge in [-0.25, -0.2) is 0 Å². The maximum absolute atomic E-state index is 10.9. The van der Waals surface area contributed by atoms with Crippen molar-refractivity contribution in [1.29, 1.82) is 0 Å². The predicted octanol–water partition coefficient (Wildman–Crippen LogP) is 4.04. The van der Waals surface area contributed by atoms with Crippen molar-refractivity contribution < 1.29 is 4.92 Å². The highest BCUT2D eigenvalue weighted by Crippen LogP contribution is 2.24. The number of rotatable bonds is 5. The molecule has 0 radical (unpaired) electrons. The Morgan fingerprint density at radius 3 is 3.04 bits per heavy atom. The lowest BCUT2D eigenvalue weighted by Crippen LogP contribution is -1.99. The van der Waals surface area contributed by atoms with Gasteiger partial charge in [-0.1, -0.05) is 23.7 Å². The van der Waals surface area contributed by atoms with Crippen molar-refractivity contribution in [3.05, 3.63) is 71.9 Å². The van der Waals surface area contributed by atoms with Crippen LogP contribution in [0.1, 0.15) is 16.3 Å². The van der Waals surface area contributed by atoms with Gasteiger partial charge in [0.1, 0.15) is 5.02 Å². The number of nitro groups is 1. The van der Waals surface area contributed by atoms with Crippen LogP contribution in [0.5, 0.6) is 0 Å². The number of thiophene rings is 1. The lowest BCUT2D eigenvalue weighted by atomic mass is 10.2. The van der Waals surface area contributed by atoms with Gasteiger partial charge < -0.3 is 0 Å². The molecule has 0 bridgehead atoms. The molecule has 0 aliphatic carbocycles.